The Kier molecular flexibility index (Phi) is 1.86. The van der Waals surface area contributed by atoms with E-state index in [0.29, 0.717) is 13.0 Å². The summed E-state index contributed by atoms with van der Waals surface area (Å²) in [6.07, 6.45) is 0.653. The van der Waals surface area contributed by atoms with Crippen LogP contribution >= 0.6 is 0 Å². The summed E-state index contributed by atoms with van der Waals surface area (Å²) >= 11 is 0. The zero-order valence-electron chi connectivity index (χ0n) is 6.85. The van der Waals surface area contributed by atoms with Gasteiger partial charge in [-0.05, 0) is 12.3 Å². The van der Waals surface area contributed by atoms with E-state index in [9.17, 15) is 4.79 Å². The molecule has 3 nitrogen and oxygen atoms in total. The van der Waals surface area contributed by atoms with Crippen molar-refractivity contribution in [1.82, 2.24) is 5.32 Å². The molecule has 1 heterocycles. The second-order valence-electron chi connectivity index (χ2n) is 3.24. The molecule has 1 atom stereocenters. The predicted octanol–water partition coefficient (Wildman–Crippen LogP) is 0.672. The highest BCUT2D eigenvalue weighted by Crippen LogP contribution is 2.33. The van der Waals surface area contributed by atoms with Crippen LogP contribution in [-0.4, -0.2) is 12.5 Å². The van der Waals surface area contributed by atoms with Crippen LogP contribution in [0.3, 0.4) is 0 Å². The van der Waals surface area contributed by atoms with Crippen LogP contribution in [0.15, 0.2) is 0 Å². The molecule has 11 heavy (non-hydrogen) atoms. The lowest BCUT2D eigenvalue weighted by Gasteiger charge is -2.20. The molecule has 0 bridgehead atoms. The van der Waals surface area contributed by atoms with Crippen molar-refractivity contribution in [3.05, 3.63) is 0 Å². The lowest BCUT2D eigenvalue weighted by Crippen LogP contribution is -2.34. The predicted molar refractivity (Wildman–Crippen MR) is 40.5 cm³/mol. The number of amides is 1. The maximum absolute atomic E-state index is 11.2. The van der Waals surface area contributed by atoms with E-state index in [1.807, 2.05) is 13.8 Å². The van der Waals surface area contributed by atoms with Gasteiger partial charge in [0, 0.05) is 6.54 Å². The summed E-state index contributed by atoms with van der Waals surface area (Å²) in [4.78, 5) is 11.2. The van der Waals surface area contributed by atoms with Crippen molar-refractivity contribution in [3.8, 4) is 6.07 Å². The first kappa shape index (κ1) is 8.06. The van der Waals surface area contributed by atoms with Gasteiger partial charge < -0.3 is 5.32 Å². The number of hydrogen-bond acceptors (Lipinski definition) is 2. The average Bonchev–Trinajstić information content (AvgIpc) is 2.32. The van der Waals surface area contributed by atoms with Gasteiger partial charge in [0.05, 0.1) is 6.07 Å². The maximum atomic E-state index is 11.2. The van der Waals surface area contributed by atoms with Crippen molar-refractivity contribution in [2.24, 2.45) is 11.3 Å². The van der Waals surface area contributed by atoms with Crippen molar-refractivity contribution in [2.45, 2.75) is 20.3 Å². The van der Waals surface area contributed by atoms with E-state index in [4.69, 9.17) is 5.26 Å². The molecule has 0 aromatic carbocycles. The van der Waals surface area contributed by atoms with E-state index in [1.54, 1.807) is 0 Å². The molecule has 60 valence electrons. The van der Waals surface area contributed by atoms with Crippen LogP contribution in [0.4, 0.5) is 0 Å². The topological polar surface area (TPSA) is 52.9 Å². The third-order valence-corrected chi connectivity index (χ3v) is 2.40. The molecule has 1 saturated heterocycles. The highest BCUT2D eigenvalue weighted by molar-refractivity contribution is 5.87. The van der Waals surface area contributed by atoms with E-state index in [2.05, 4.69) is 11.4 Å². The normalized spacial score (nSPS) is 30.2. The summed E-state index contributed by atoms with van der Waals surface area (Å²) in [6.45, 7) is 4.47. The second kappa shape index (κ2) is 2.54. The van der Waals surface area contributed by atoms with Gasteiger partial charge in [-0.3, -0.25) is 4.79 Å². The number of nitrogens with zero attached hydrogens (tertiary/aromatic N) is 1. The number of carbonyl (C=O) groups excluding carboxylic acids is 1. The zero-order chi connectivity index (χ0) is 8.48. The monoisotopic (exact) mass is 152 g/mol. The molecule has 1 amide bonds. The van der Waals surface area contributed by atoms with Gasteiger partial charge in [-0.2, -0.15) is 5.26 Å². The highest BCUT2D eigenvalue weighted by Gasteiger charge is 2.45. The molecule has 0 saturated carbocycles. The number of rotatable bonds is 1. The average molecular weight is 152 g/mol. The Morgan fingerprint density at radius 2 is 2.36 bits per heavy atom. The summed E-state index contributed by atoms with van der Waals surface area (Å²) in [7, 11) is 0. The van der Waals surface area contributed by atoms with Gasteiger partial charge in [0.2, 0.25) is 5.91 Å². The summed E-state index contributed by atoms with van der Waals surface area (Å²) in [5.74, 6) is 0.00463. The minimum atomic E-state index is -0.750. The zero-order valence-corrected chi connectivity index (χ0v) is 6.85. The van der Waals surface area contributed by atoms with Crippen molar-refractivity contribution < 1.29 is 4.79 Å². The Labute approximate surface area is 66.4 Å². The highest BCUT2D eigenvalue weighted by atomic mass is 16.2. The minimum Gasteiger partial charge on any atom is -0.355 e. The van der Waals surface area contributed by atoms with Crippen molar-refractivity contribution in [2.75, 3.05) is 6.54 Å². The molecular weight excluding hydrogens is 140 g/mol. The lowest BCUT2D eigenvalue weighted by molar-refractivity contribution is -0.126. The molecular formula is C8H12N2O. The van der Waals surface area contributed by atoms with E-state index < -0.39 is 5.41 Å². The summed E-state index contributed by atoms with van der Waals surface area (Å²) < 4.78 is 0. The Bertz CT molecular complexity index is 217. The number of nitriles is 1. The summed E-state index contributed by atoms with van der Waals surface area (Å²) in [5.41, 5.74) is -0.750. The molecule has 0 aromatic heterocycles. The SMILES string of the molecule is CC(C)C1(C#N)CCNC1=O. The standard InChI is InChI=1S/C8H12N2O/c1-6(2)8(5-9)3-4-10-7(8)11/h6H,3-4H2,1-2H3,(H,10,11). The first-order chi connectivity index (χ1) is 5.13. The van der Waals surface area contributed by atoms with Gasteiger partial charge in [0.15, 0.2) is 0 Å². The molecule has 3 heteroatoms. The molecule has 1 aliphatic rings. The number of nitrogens with one attached hydrogen (secondary N) is 1. The summed E-state index contributed by atoms with van der Waals surface area (Å²) in [5, 5.41) is 11.5. The van der Waals surface area contributed by atoms with E-state index in [0.717, 1.165) is 0 Å². The molecule has 0 spiro atoms. The van der Waals surface area contributed by atoms with Crippen LogP contribution in [0.1, 0.15) is 20.3 Å². The van der Waals surface area contributed by atoms with Crippen LogP contribution in [0.25, 0.3) is 0 Å². The van der Waals surface area contributed by atoms with Gasteiger partial charge in [0.1, 0.15) is 5.41 Å². The van der Waals surface area contributed by atoms with Crippen LogP contribution in [0.2, 0.25) is 0 Å². The van der Waals surface area contributed by atoms with Crippen molar-refractivity contribution in [3.63, 3.8) is 0 Å². The second-order valence-corrected chi connectivity index (χ2v) is 3.24. The van der Waals surface area contributed by atoms with Gasteiger partial charge in [-0.25, -0.2) is 0 Å². The van der Waals surface area contributed by atoms with E-state index in [1.165, 1.54) is 0 Å². The van der Waals surface area contributed by atoms with Gasteiger partial charge in [-0.15, -0.1) is 0 Å². The Hall–Kier alpha value is -1.04. The number of carbonyl (C=O) groups is 1. The molecule has 1 fully saturated rings. The fourth-order valence-corrected chi connectivity index (χ4v) is 1.43. The Balaban J connectivity index is 2.94. The first-order valence-electron chi connectivity index (χ1n) is 3.83. The van der Waals surface area contributed by atoms with Gasteiger partial charge >= 0.3 is 0 Å². The third-order valence-electron chi connectivity index (χ3n) is 2.40. The third kappa shape index (κ3) is 0.988. The molecule has 0 aromatic rings. The molecule has 1 N–H and O–H groups in total. The quantitative estimate of drug-likeness (QED) is 0.600. The summed E-state index contributed by atoms with van der Waals surface area (Å²) in [6, 6.07) is 2.11. The Morgan fingerprint density at radius 1 is 1.73 bits per heavy atom. The molecule has 1 rings (SSSR count). The molecule has 1 unspecified atom stereocenters. The molecule has 1 aliphatic heterocycles. The van der Waals surface area contributed by atoms with Gasteiger partial charge in [0.25, 0.3) is 0 Å². The maximum Gasteiger partial charge on any atom is 0.240 e. The fourth-order valence-electron chi connectivity index (χ4n) is 1.43. The van der Waals surface area contributed by atoms with E-state index >= 15 is 0 Å². The van der Waals surface area contributed by atoms with Crippen LogP contribution in [0.5, 0.6) is 0 Å². The van der Waals surface area contributed by atoms with Crippen LogP contribution < -0.4 is 5.32 Å². The largest absolute Gasteiger partial charge is 0.355 e. The van der Waals surface area contributed by atoms with Gasteiger partial charge in [-0.1, -0.05) is 13.8 Å². The number of hydrogen-bond donors (Lipinski definition) is 1. The van der Waals surface area contributed by atoms with Crippen molar-refractivity contribution >= 4 is 5.91 Å². The van der Waals surface area contributed by atoms with Crippen LogP contribution in [-0.2, 0) is 4.79 Å². The lowest BCUT2D eigenvalue weighted by atomic mass is 9.77. The van der Waals surface area contributed by atoms with Crippen LogP contribution in [0, 0.1) is 22.7 Å². The Morgan fingerprint density at radius 3 is 2.55 bits per heavy atom. The smallest absolute Gasteiger partial charge is 0.240 e. The minimum absolute atomic E-state index is 0.102. The molecule has 0 aliphatic carbocycles. The van der Waals surface area contributed by atoms with Crippen molar-refractivity contribution in [1.29, 1.82) is 5.26 Å². The molecule has 0 radical (unpaired) electrons. The first-order valence-corrected chi connectivity index (χ1v) is 3.83. The van der Waals surface area contributed by atoms with E-state index in [-0.39, 0.29) is 11.8 Å². The fraction of sp³-hybridized carbons (Fsp3) is 0.750.